The zero-order valence-corrected chi connectivity index (χ0v) is 17.7. The molecule has 2 N–H and O–H groups in total. The van der Waals surface area contributed by atoms with Gasteiger partial charge in [-0.15, -0.1) is 0 Å². The predicted octanol–water partition coefficient (Wildman–Crippen LogP) is 4.13. The molecule has 0 radical (unpaired) electrons. The molecular weight excluding hydrogens is 395 g/mol. The summed E-state index contributed by atoms with van der Waals surface area (Å²) in [4.78, 5) is 15.1. The van der Waals surface area contributed by atoms with E-state index in [1.54, 1.807) is 6.07 Å². The van der Waals surface area contributed by atoms with E-state index in [1.807, 2.05) is 13.0 Å². The molecule has 2 aromatic carbocycles. The lowest BCUT2D eigenvalue weighted by atomic mass is 9.96. The lowest BCUT2D eigenvalue weighted by molar-refractivity contribution is -0.110. The molecule has 1 fully saturated rings. The number of aliphatic hydroxyl groups excluding tert-OH is 1. The van der Waals surface area contributed by atoms with Crippen LogP contribution in [0.2, 0.25) is 0 Å². The van der Waals surface area contributed by atoms with E-state index >= 15 is 0 Å². The largest absolute Gasteiger partial charge is 0.484 e. The summed E-state index contributed by atoms with van der Waals surface area (Å²) in [5.74, 6) is -0.104. The van der Waals surface area contributed by atoms with Crippen LogP contribution >= 0.6 is 0 Å². The van der Waals surface area contributed by atoms with Crippen molar-refractivity contribution in [2.45, 2.75) is 44.8 Å². The van der Waals surface area contributed by atoms with E-state index in [0.29, 0.717) is 22.6 Å². The highest BCUT2D eigenvalue weighted by Gasteiger charge is 2.35. The average molecular weight is 423 g/mol. The lowest BCUT2D eigenvalue weighted by Gasteiger charge is -2.29. The summed E-state index contributed by atoms with van der Waals surface area (Å²) in [5.41, 5.74) is 4.79. The number of likely N-dealkylation sites (tertiary alicyclic amines) is 1. The van der Waals surface area contributed by atoms with Crippen molar-refractivity contribution in [3.8, 4) is 0 Å². The number of nitrogens with one attached hydrogen (secondary N) is 1. The number of nitrogens with zero attached hydrogens (tertiary/aromatic N) is 1. The van der Waals surface area contributed by atoms with Crippen LogP contribution in [0.3, 0.4) is 0 Å². The molecule has 0 aliphatic carbocycles. The zero-order valence-electron chi connectivity index (χ0n) is 17.7. The van der Waals surface area contributed by atoms with Crippen molar-refractivity contribution in [3.05, 3.63) is 64.5 Å². The third-order valence-electron chi connectivity index (χ3n) is 6.54. The molecule has 0 bridgehead atoms. The molecule has 0 spiro atoms. The number of benzene rings is 2. The number of carbonyl (C=O) groups is 1. The van der Waals surface area contributed by atoms with Gasteiger partial charge in [0, 0.05) is 35.5 Å². The first-order valence-electron chi connectivity index (χ1n) is 11.1. The van der Waals surface area contributed by atoms with Crippen molar-refractivity contribution in [1.82, 2.24) is 4.90 Å². The smallest absolute Gasteiger partial charge is 0.260 e. The third kappa shape index (κ3) is 3.86. The molecule has 5 rings (SSSR count). The maximum Gasteiger partial charge on any atom is 0.260 e. The second kappa shape index (κ2) is 8.09. The van der Waals surface area contributed by atoms with E-state index in [1.165, 1.54) is 17.7 Å². The maximum atomic E-state index is 13.8. The van der Waals surface area contributed by atoms with Crippen LogP contribution in [0.15, 0.2) is 36.4 Å². The van der Waals surface area contributed by atoms with E-state index in [-0.39, 0.29) is 23.9 Å². The predicted molar refractivity (Wildman–Crippen MR) is 118 cm³/mol. The first-order valence-corrected chi connectivity index (χ1v) is 11.1. The monoisotopic (exact) mass is 422 g/mol. The molecule has 1 amide bonds. The van der Waals surface area contributed by atoms with Gasteiger partial charge in [-0.2, -0.15) is 0 Å². The number of hydrogen-bond donors (Lipinski definition) is 2. The summed E-state index contributed by atoms with van der Waals surface area (Å²) in [6, 6.07) is 10.6. The van der Waals surface area contributed by atoms with Gasteiger partial charge in [-0.3, -0.25) is 4.79 Å². The Morgan fingerprint density at radius 3 is 2.77 bits per heavy atom. The number of piperidine rings is 1. The van der Waals surface area contributed by atoms with Crippen molar-refractivity contribution < 1.29 is 19.0 Å². The van der Waals surface area contributed by atoms with E-state index in [9.17, 15) is 14.3 Å². The standard InChI is InChI=1S/C25H27FN2O3/c1-15-20-13-16(3-2-10-28-11-8-18(29)9-12-28)4-6-19(20)24(31-15)23-21-14-17(26)5-7-22(21)27-25(23)30/h4-7,13-15,18,29H,2-3,8-12H2,1H3,(H,27,30)/b24-23+. The Labute approximate surface area is 181 Å². The van der Waals surface area contributed by atoms with Gasteiger partial charge in [-0.05, 0) is 62.9 Å². The Kier molecular flexibility index (Phi) is 5.28. The second-order valence-electron chi connectivity index (χ2n) is 8.71. The van der Waals surface area contributed by atoms with E-state index in [4.69, 9.17) is 4.74 Å². The number of amides is 1. The number of anilines is 1. The molecule has 31 heavy (non-hydrogen) atoms. The Balaban J connectivity index is 1.36. The van der Waals surface area contributed by atoms with E-state index in [0.717, 1.165) is 56.4 Å². The molecule has 0 aromatic heterocycles. The molecule has 1 unspecified atom stereocenters. The summed E-state index contributed by atoms with van der Waals surface area (Å²) >= 11 is 0. The van der Waals surface area contributed by atoms with Crippen molar-refractivity contribution in [1.29, 1.82) is 0 Å². The van der Waals surface area contributed by atoms with Gasteiger partial charge < -0.3 is 20.1 Å². The van der Waals surface area contributed by atoms with Gasteiger partial charge in [0.15, 0.2) is 0 Å². The lowest BCUT2D eigenvalue weighted by Crippen LogP contribution is -2.36. The van der Waals surface area contributed by atoms with Crippen LogP contribution in [-0.2, 0) is 16.0 Å². The van der Waals surface area contributed by atoms with Gasteiger partial charge in [0.1, 0.15) is 17.7 Å². The van der Waals surface area contributed by atoms with E-state index < -0.39 is 0 Å². The van der Waals surface area contributed by atoms with Crippen molar-refractivity contribution in [2.75, 3.05) is 25.0 Å². The van der Waals surface area contributed by atoms with Crippen LogP contribution in [0.4, 0.5) is 10.1 Å². The molecule has 5 nitrogen and oxygen atoms in total. The number of aliphatic hydroxyl groups is 1. The number of aryl methyl sites for hydroxylation is 1. The summed E-state index contributed by atoms with van der Waals surface area (Å²) in [6.07, 6.45) is 3.47. The van der Waals surface area contributed by atoms with Crippen LogP contribution in [0.5, 0.6) is 0 Å². The molecule has 2 aromatic rings. The van der Waals surface area contributed by atoms with Gasteiger partial charge in [0.2, 0.25) is 0 Å². The molecule has 162 valence electrons. The average Bonchev–Trinajstić information content (AvgIpc) is 3.24. The highest BCUT2D eigenvalue weighted by molar-refractivity contribution is 6.36. The van der Waals surface area contributed by atoms with Crippen LogP contribution in [-0.4, -0.2) is 41.7 Å². The third-order valence-corrected chi connectivity index (χ3v) is 6.54. The van der Waals surface area contributed by atoms with Crippen molar-refractivity contribution in [3.63, 3.8) is 0 Å². The quantitative estimate of drug-likeness (QED) is 0.728. The maximum absolute atomic E-state index is 13.8. The van der Waals surface area contributed by atoms with Crippen LogP contribution < -0.4 is 5.32 Å². The summed E-state index contributed by atoms with van der Waals surface area (Å²) in [6.45, 7) is 4.96. The molecule has 6 heteroatoms. The van der Waals surface area contributed by atoms with Crippen molar-refractivity contribution in [2.24, 2.45) is 0 Å². The van der Waals surface area contributed by atoms with Gasteiger partial charge in [-0.25, -0.2) is 4.39 Å². The molecular formula is C25H27FN2O3. The number of ether oxygens (including phenoxy) is 1. The van der Waals surface area contributed by atoms with Gasteiger partial charge in [-0.1, -0.05) is 18.2 Å². The zero-order chi connectivity index (χ0) is 21.5. The van der Waals surface area contributed by atoms with Crippen LogP contribution in [0.25, 0.3) is 11.3 Å². The fraction of sp³-hybridized carbons (Fsp3) is 0.400. The Hall–Kier alpha value is -2.70. The van der Waals surface area contributed by atoms with Gasteiger partial charge in [0.25, 0.3) is 5.91 Å². The highest BCUT2D eigenvalue weighted by atomic mass is 19.1. The molecule has 1 saturated heterocycles. The first kappa shape index (κ1) is 20.2. The molecule has 1 atom stereocenters. The minimum Gasteiger partial charge on any atom is -0.484 e. The molecule has 3 aliphatic rings. The summed E-state index contributed by atoms with van der Waals surface area (Å²) in [5, 5.41) is 12.4. The van der Waals surface area contributed by atoms with Gasteiger partial charge in [0.05, 0.1) is 11.7 Å². The Morgan fingerprint density at radius 1 is 1.16 bits per heavy atom. The Bertz CT molecular complexity index is 1060. The molecule has 3 heterocycles. The SMILES string of the molecule is CC1O/C(=C2/C(=O)Nc3ccc(F)cc32)c2ccc(CCCN3CCC(O)CC3)cc21. The fourth-order valence-electron chi connectivity index (χ4n) is 4.82. The first-order chi connectivity index (χ1) is 15.0. The molecule has 3 aliphatic heterocycles. The topological polar surface area (TPSA) is 61.8 Å². The molecule has 0 saturated carbocycles. The number of halogens is 1. The number of rotatable bonds is 4. The minimum atomic E-state index is -0.377. The van der Waals surface area contributed by atoms with Gasteiger partial charge >= 0.3 is 0 Å². The Morgan fingerprint density at radius 2 is 1.97 bits per heavy atom. The minimum absolute atomic E-state index is 0.136. The normalized spacial score (nSPS) is 23.5. The van der Waals surface area contributed by atoms with Crippen molar-refractivity contribution >= 4 is 22.9 Å². The van der Waals surface area contributed by atoms with Crippen LogP contribution in [0, 0.1) is 5.82 Å². The van der Waals surface area contributed by atoms with E-state index in [2.05, 4.69) is 22.3 Å². The fourth-order valence-corrected chi connectivity index (χ4v) is 4.82. The highest BCUT2D eigenvalue weighted by Crippen LogP contribution is 2.45. The number of fused-ring (bicyclic) bond motifs is 2. The van der Waals surface area contributed by atoms with Crippen LogP contribution in [0.1, 0.15) is 54.5 Å². The number of carbonyl (C=O) groups excluding carboxylic acids is 1. The summed E-state index contributed by atoms with van der Waals surface area (Å²) in [7, 11) is 0. The second-order valence-corrected chi connectivity index (χ2v) is 8.71. The number of hydrogen-bond acceptors (Lipinski definition) is 4. The summed E-state index contributed by atoms with van der Waals surface area (Å²) < 4.78 is 19.9.